The van der Waals surface area contributed by atoms with Crippen LogP contribution in [0.2, 0.25) is 0 Å². The minimum Gasteiger partial charge on any atom is -0.355 e. The summed E-state index contributed by atoms with van der Waals surface area (Å²) in [5.41, 5.74) is 1.34. The Hall–Kier alpha value is -2.38. The number of nitrogens with one attached hydrogen (secondary N) is 2. The van der Waals surface area contributed by atoms with E-state index >= 15 is 0 Å². The molecule has 2 aromatic carbocycles. The number of guanidine groups is 1. The highest BCUT2D eigenvalue weighted by molar-refractivity contribution is 7.91. The van der Waals surface area contributed by atoms with E-state index in [1.54, 1.807) is 31.3 Å². The Morgan fingerprint density at radius 2 is 1.77 bits per heavy atom. The second-order valence-corrected chi connectivity index (χ2v) is 9.91. The van der Waals surface area contributed by atoms with Gasteiger partial charge in [-0.15, -0.1) is 0 Å². The molecule has 0 spiro atoms. The van der Waals surface area contributed by atoms with Crippen molar-refractivity contribution in [1.29, 1.82) is 0 Å². The summed E-state index contributed by atoms with van der Waals surface area (Å²) in [6.07, 6.45) is 2.05. The van der Waals surface area contributed by atoms with E-state index in [0.717, 1.165) is 25.9 Å². The topological polar surface area (TPSA) is 73.8 Å². The molecule has 1 fully saturated rings. The molecule has 0 aromatic heterocycles. The SMILES string of the molecule is CN=C(NCCS(=O)(=O)c1ccccc1)NC1CCN(Cc2ccccc2)C(C)C1. The van der Waals surface area contributed by atoms with Gasteiger partial charge in [-0.25, -0.2) is 8.42 Å². The zero-order valence-electron chi connectivity index (χ0n) is 17.8. The van der Waals surface area contributed by atoms with Crippen molar-refractivity contribution in [3.63, 3.8) is 0 Å². The molecule has 3 rings (SSSR count). The van der Waals surface area contributed by atoms with Gasteiger partial charge in [0.25, 0.3) is 0 Å². The second kappa shape index (κ2) is 10.6. The Labute approximate surface area is 180 Å². The van der Waals surface area contributed by atoms with Crippen molar-refractivity contribution in [1.82, 2.24) is 15.5 Å². The Bertz CT molecular complexity index is 917. The molecule has 30 heavy (non-hydrogen) atoms. The van der Waals surface area contributed by atoms with Crippen LogP contribution in [0, 0.1) is 0 Å². The summed E-state index contributed by atoms with van der Waals surface area (Å²) in [5.74, 6) is 0.691. The number of likely N-dealkylation sites (tertiary alicyclic amines) is 1. The molecule has 1 aliphatic rings. The van der Waals surface area contributed by atoms with Gasteiger partial charge in [0.1, 0.15) is 0 Å². The molecule has 0 amide bonds. The third-order valence-electron chi connectivity index (χ3n) is 5.57. The number of benzene rings is 2. The molecule has 0 saturated carbocycles. The molecule has 0 aliphatic carbocycles. The fourth-order valence-corrected chi connectivity index (χ4v) is 5.02. The van der Waals surface area contributed by atoms with Gasteiger partial charge in [-0.3, -0.25) is 9.89 Å². The zero-order chi connectivity index (χ0) is 21.4. The van der Waals surface area contributed by atoms with Gasteiger partial charge in [-0.2, -0.15) is 0 Å². The van der Waals surface area contributed by atoms with E-state index in [1.165, 1.54) is 5.56 Å². The lowest BCUT2D eigenvalue weighted by molar-refractivity contribution is 0.134. The first kappa shape index (κ1) is 22.3. The van der Waals surface area contributed by atoms with Gasteiger partial charge in [0, 0.05) is 38.8 Å². The molecule has 0 bridgehead atoms. The molecule has 1 saturated heterocycles. The average Bonchev–Trinajstić information content (AvgIpc) is 2.76. The monoisotopic (exact) mass is 428 g/mol. The highest BCUT2D eigenvalue weighted by atomic mass is 32.2. The zero-order valence-corrected chi connectivity index (χ0v) is 18.6. The number of rotatable bonds is 7. The van der Waals surface area contributed by atoms with E-state index in [1.807, 2.05) is 12.1 Å². The van der Waals surface area contributed by atoms with Crippen LogP contribution in [0.3, 0.4) is 0 Å². The first-order valence-electron chi connectivity index (χ1n) is 10.5. The summed E-state index contributed by atoms with van der Waals surface area (Å²) in [4.78, 5) is 7.14. The third kappa shape index (κ3) is 6.31. The molecule has 0 radical (unpaired) electrons. The van der Waals surface area contributed by atoms with E-state index < -0.39 is 9.84 Å². The van der Waals surface area contributed by atoms with Gasteiger partial charge in [0.15, 0.2) is 15.8 Å². The quantitative estimate of drug-likeness (QED) is 0.524. The molecule has 2 N–H and O–H groups in total. The van der Waals surface area contributed by atoms with Gasteiger partial charge in [-0.05, 0) is 37.5 Å². The normalized spacial score (nSPS) is 20.7. The van der Waals surface area contributed by atoms with Crippen LogP contribution in [0.4, 0.5) is 0 Å². The van der Waals surface area contributed by atoms with Gasteiger partial charge >= 0.3 is 0 Å². The molecule has 6 nitrogen and oxygen atoms in total. The lowest BCUT2D eigenvalue weighted by atomic mass is 9.97. The fourth-order valence-electron chi connectivity index (χ4n) is 3.84. The standard InChI is InChI=1S/C23H32N4O2S/c1-19-17-21(13-15-27(19)18-20-9-5-3-6-10-20)26-23(24-2)25-14-16-30(28,29)22-11-7-4-8-12-22/h3-12,19,21H,13-18H2,1-2H3,(H2,24,25,26). The summed E-state index contributed by atoms with van der Waals surface area (Å²) >= 11 is 0. The predicted octanol–water partition coefficient (Wildman–Crippen LogP) is 2.68. The number of hydrogen-bond donors (Lipinski definition) is 2. The summed E-state index contributed by atoms with van der Waals surface area (Å²) in [6, 6.07) is 19.9. The molecule has 2 unspecified atom stereocenters. The van der Waals surface area contributed by atoms with Gasteiger partial charge < -0.3 is 10.6 Å². The van der Waals surface area contributed by atoms with E-state index in [0.29, 0.717) is 29.5 Å². The third-order valence-corrected chi connectivity index (χ3v) is 7.30. The van der Waals surface area contributed by atoms with Crippen LogP contribution in [-0.4, -0.2) is 57.3 Å². The summed E-state index contributed by atoms with van der Waals surface area (Å²) in [7, 11) is -1.58. The second-order valence-electron chi connectivity index (χ2n) is 7.80. The Morgan fingerprint density at radius 3 is 2.40 bits per heavy atom. The molecule has 7 heteroatoms. The fraction of sp³-hybridized carbons (Fsp3) is 0.435. The largest absolute Gasteiger partial charge is 0.355 e. The highest BCUT2D eigenvalue weighted by Gasteiger charge is 2.26. The number of aliphatic imine (C=N–C) groups is 1. The molecule has 2 atom stereocenters. The number of hydrogen-bond acceptors (Lipinski definition) is 4. The van der Waals surface area contributed by atoms with Crippen LogP contribution in [0.5, 0.6) is 0 Å². The Morgan fingerprint density at radius 1 is 1.10 bits per heavy atom. The minimum atomic E-state index is -3.30. The van der Waals surface area contributed by atoms with Crippen LogP contribution in [0.25, 0.3) is 0 Å². The minimum absolute atomic E-state index is 0.0314. The first-order valence-corrected chi connectivity index (χ1v) is 12.2. The predicted molar refractivity (Wildman–Crippen MR) is 122 cm³/mol. The summed E-state index contributed by atoms with van der Waals surface area (Å²) in [5, 5.41) is 6.62. The molecule has 1 aliphatic heterocycles. The van der Waals surface area contributed by atoms with Gasteiger partial charge in [0.2, 0.25) is 0 Å². The van der Waals surface area contributed by atoms with Crippen LogP contribution < -0.4 is 10.6 Å². The smallest absolute Gasteiger partial charge is 0.191 e. The van der Waals surface area contributed by atoms with E-state index in [-0.39, 0.29) is 5.75 Å². The number of piperidine rings is 1. The van der Waals surface area contributed by atoms with E-state index in [2.05, 4.69) is 51.7 Å². The van der Waals surface area contributed by atoms with Crippen LogP contribution in [-0.2, 0) is 16.4 Å². The maximum atomic E-state index is 12.4. The van der Waals surface area contributed by atoms with Crippen molar-refractivity contribution in [2.75, 3.05) is 25.9 Å². The highest BCUT2D eigenvalue weighted by Crippen LogP contribution is 2.20. The molecular weight excluding hydrogens is 396 g/mol. The Kier molecular flexibility index (Phi) is 7.87. The van der Waals surface area contributed by atoms with Crippen molar-refractivity contribution >= 4 is 15.8 Å². The number of nitrogens with zero attached hydrogens (tertiary/aromatic N) is 2. The molecule has 2 aromatic rings. The maximum Gasteiger partial charge on any atom is 0.191 e. The first-order chi connectivity index (χ1) is 14.5. The molecule has 1 heterocycles. The van der Waals surface area contributed by atoms with Gasteiger partial charge in [-0.1, -0.05) is 48.5 Å². The van der Waals surface area contributed by atoms with Crippen molar-refractivity contribution in [2.24, 2.45) is 4.99 Å². The van der Waals surface area contributed by atoms with Crippen molar-refractivity contribution < 1.29 is 8.42 Å². The lowest BCUT2D eigenvalue weighted by Gasteiger charge is -2.38. The van der Waals surface area contributed by atoms with Crippen molar-refractivity contribution in [3.8, 4) is 0 Å². The van der Waals surface area contributed by atoms with Crippen molar-refractivity contribution in [3.05, 3.63) is 66.2 Å². The van der Waals surface area contributed by atoms with Crippen molar-refractivity contribution in [2.45, 2.75) is 43.3 Å². The molecule has 162 valence electrons. The van der Waals surface area contributed by atoms with Crippen LogP contribution >= 0.6 is 0 Å². The van der Waals surface area contributed by atoms with Crippen LogP contribution in [0.1, 0.15) is 25.3 Å². The molecular formula is C23H32N4O2S. The summed E-state index contributed by atoms with van der Waals surface area (Å²) in [6.45, 7) is 4.57. The Balaban J connectivity index is 1.45. The average molecular weight is 429 g/mol. The van der Waals surface area contributed by atoms with Crippen LogP contribution in [0.15, 0.2) is 70.6 Å². The summed E-state index contributed by atoms with van der Waals surface area (Å²) < 4.78 is 24.8. The van der Waals surface area contributed by atoms with E-state index in [4.69, 9.17) is 0 Å². The lowest BCUT2D eigenvalue weighted by Crippen LogP contribution is -2.51. The van der Waals surface area contributed by atoms with E-state index in [9.17, 15) is 8.42 Å². The maximum absolute atomic E-state index is 12.4. The number of sulfone groups is 1. The van der Waals surface area contributed by atoms with Gasteiger partial charge in [0.05, 0.1) is 10.6 Å².